The number of sulfonamides is 1. The summed E-state index contributed by atoms with van der Waals surface area (Å²) in [6.07, 6.45) is 3.98. The highest BCUT2D eigenvalue weighted by molar-refractivity contribution is 7.91. The van der Waals surface area contributed by atoms with E-state index in [9.17, 15) is 40.8 Å². The molecule has 4 heterocycles. The average Bonchev–Trinajstić information content (AvgIpc) is 4.07. The number of hydrogen-bond donors (Lipinski definition) is 3. The summed E-state index contributed by atoms with van der Waals surface area (Å²) in [7, 11) is -3.98. The third-order valence-electron chi connectivity index (χ3n) is 12.9. The first-order chi connectivity index (χ1) is 30.6. The number of alkyl halides is 3. The molecular weight excluding hydrogens is 858 g/mol. The molecule has 9 rings (SSSR count). The van der Waals surface area contributed by atoms with Crippen LogP contribution in [0.1, 0.15) is 94.6 Å². The van der Waals surface area contributed by atoms with Crippen LogP contribution in [-0.2, 0) is 35.3 Å². The summed E-state index contributed by atoms with van der Waals surface area (Å²) in [6.45, 7) is 1.65. The van der Waals surface area contributed by atoms with Crippen LogP contribution in [0.15, 0.2) is 59.0 Å². The Bertz CT molecular complexity index is 2640. The number of aryl methyl sites for hydroxylation is 1. The van der Waals surface area contributed by atoms with Crippen LogP contribution >= 0.6 is 0 Å². The standard InChI is InChI=1S/C45H49F3N6O9S/c1-25-16-19-35-32(20-25)36-37(63-35)40(51-38(50-36)26-10-9-12-27(21-26)45(46,47)48)61-30-22-34-39(55)52-44(42(57)53-64(59,60)31-17-18-31)23-28(44)11-5-3-2-4-6-15-33(41(56)54(34)24-30)49-43(58)62-29-13-7-8-14-29/h5,9-12,16,19-21,28-31,33-34H,2-4,6-8,13-15,17-18,22-24H2,1H3,(H,49,58)(H,52,55)(H,53,57)/b11-5-/t28-,30+,33-,34-,44+/m0/s1. The third-order valence-corrected chi connectivity index (χ3v) is 14.7. The van der Waals surface area contributed by atoms with Gasteiger partial charge in [-0.1, -0.05) is 48.8 Å². The summed E-state index contributed by atoms with van der Waals surface area (Å²) in [5.41, 5.74) is -0.840. The molecule has 340 valence electrons. The number of benzene rings is 2. The SMILES string of the molecule is Cc1ccc2oc3c(O[C@@H]4C[C@H]5C(=O)N[C@]6(C(=O)NS(=O)(=O)C7CC7)C[C@@H]6/C=C\CCCCC[C@H](NC(=O)OC6CCCC6)C(=O)N5C4)nc(-c4cccc(C(F)(F)F)c4)nc3c2c1. The van der Waals surface area contributed by atoms with Crippen LogP contribution in [0.4, 0.5) is 18.0 Å². The highest BCUT2D eigenvalue weighted by Crippen LogP contribution is 2.46. The predicted molar refractivity (Wildman–Crippen MR) is 226 cm³/mol. The summed E-state index contributed by atoms with van der Waals surface area (Å²) >= 11 is 0. The van der Waals surface area contributed by atoms with Gasteiger partial charge in [-0.05, 0) is 95.4 Å². The molecule has 1 saturated heterocycles. The zero-order valence-corrected chi connectivity index (χ0v) is 35.9. The van der Waals surface area contributed by atoms with Crippen molar-refractivity contribution in [3.63, 3.8) is 0 Å². The van der Waals surface area contributed by atoms with Gasteiger partial charge in [0, 0.05) is 23.3 Å². The number of alkyl carbamates (subject to hydrolysis) is 1. The lowest BCUT2D eigenvalue weighted by molar-refractivity contribution is -0.141. The molecule has 15 nitrogen and oxygen atoms in total. The molecule has 3 N–H and O–H groups in total. The number of amides is 4. The normalized spacial score (nSPS) is 26.3. The molecule has 0 radical (unpaired) electrons. The maximum absolute atomic E-state index is 14.8. The van der Waals surface area contributed by atoms with E-state index in [2.05, 4.69) is 25.3 Å². The fourth-order valence-corrected chi connectivity index (χ4v) is 10.5. The van der Waals surface area contributed by atoms with Gasteiger partial charge in [0.1, 0.15) is 40.9 Å². The van der Waals surface area contributed by atoms with E-state index in [1.54, 1.807) is 6.07 Å². The average molecular weight is 907 g/mol. The lowest BCUT2D eigenvalue weighted by Gasteiger charge is -2.30. The molecule has 0 unspecified atom stereocenters. The highest BCUT2D eigenvalue weighted by atomic mass is 32.2. The molecule has 4 aromatic rings. The monoisotopic (exact) mass is 906 g/mol. The van der Waals surface area contributed by atoms with Crippen LogP contribution in [-0.4, -0.2) is 88.7 Å². The Kier molecular flexibility index (Phi) is 11.6. The molecule has 3 saturated carbocycles. The van der Waals surface area contributed by atoms with Crippen molar-refractivity contribution >= 4 is 55.9 Å². The summed E-state index contributed by atoms with van der Waals surface area (Å²) in [5.74, 6) is -2.96. The molecule has 0 spiro atoms. The predicted octanol–water partition coefficient (Wildman–Crippen LogP) is 6.76. The van der Waals surface area contributed by atoms with E-state index in [-0.39, 0.29) is 60.3 Å². The molecule has 5 atom stereocenters. The van der Waals surface area contributed by atoms with Gasteiger partial charge in [-0.15, -0.1) is 0 Å². The first kappa shape index (κ1) is 43.5. The van der Waals surface area contributed by atoms with Gasteiger partial charge in [-0.3, -0.25) is 19.1 Å². The van der Waals surface area contributed by atoms with Crippen LogP contribution in [0.2, 0.25) is 0 Å². The Hall–Kier alpha value is -5.72. The van der Waals surface area contributed by atoms with E-state index in [0.717, 1.165) is 37.0 Å². The number of carbonyl (C=O) groups excluding carboxylic acids is 4. The Labute approximate surface area is 366 Å². The Morgan fingerprint density at radius 1 is 0.969 bits per heavy atom. The number of fused-ring (bicyclic) bond motifs is 5. The number of allylic oxidation sites excluding steroid dienone is 1. The van der Waals surface area contributed by atoms with E-state index in [0.29, 0.717) is 55.9 Å². The maximum atomic E-state index is 14.8. The van der Waals surface area contributed by atoms with Crippen molar-refractivity contribution in [2.45, 2.75) is 132 Å². The summed E-state index contributed by atoms with van der Waals surface area (Å²) in [5, 5.41) is 5.47. The van der Waals surface area contributed by atoms with Crippen molar-refractivity contribution in [3.05, 3.63) is 65.7 Å². The van der Waals surface area contributed by atoms with Gasteiger partial charge in [0.15, 0.2) is 5.82 Å². The second kappa shape index (κ2) is 17.0. The van der Waals surface area contributed by atoms with Gasteiger partial charge < -0.3 is 29.4 Å². The van der Waals surface area contributed by atoms with Crippen molar-refractivity contribution in [1.82, 2.24) is 30.2 Å². The molecule has 4 fully saturated rings. The Balaban J connectivity index is 1.07. The number of aromatic nitrogens is 2. The maximum Gasteiger partial charge on any atom is 0.416 e. The lowest BCUT2D eigenvalue weighted by atomic mass is 10.0. The fraction of sp³-hybridized carbons (Fsp3) is 0.511. The van der Waals surface area contributed by atoms with Gasteiger partial charge in [0.2, 0.25) is 27.4 Å². The minimum absolute atomic E-state index is 0.0518. The van der Waals surface area contributed by atoms with E-state index in [4.69, 9.17) is 13.9 Å². The molecule has 2 aromatic heterocycles. The number of hydrogen-bond acceptors (Lipinski definition) is 11. The van der Waals surface area contributed by atoms with Gasteiger partial charge in [-0.2, -0.15) is 18.2 Å². The van der Waals surface area contributed by atoms with Crippen LogP contribution in [0, 0.1) is 12.8 Å². The topological polar surface area (TPSA) is 199 Å². The largest absolute Gasteiger partial charge is 0.470 e. The number of halogens is 3. The summed E-state index contributed by atoms with van der Waals surface area (Å²) in [4.78, 5) is 67.1. The molecule has 4 amide bonds. The molecule has 5 aliphatic rings. The van der Waals surface area contributed by atoms with Gasteiger partial charge in [0.25, 0.3) is 11.8 Å². The second-order valence-electron chi connectivity index (χ2n) is 17.7. The first-order valence-electron chi connectivity index (χ1n) is 22.0. The van der Waals surface area contributed by atoms with Crippen molar-refractivity contribution in [2.75, 3.05) is 6.54 Å². The number of nitrogens with zero attached hydrogens (tertiary/aromatic N) is 3. The van der Waals surface area contributed by atoms with Crippen LogP contribution in [0.5, 0.6) is 5.88 Å². The number of furan rings is 1. The molecule has 2 aliphatic heterocycles. The lowest BCUT2D eigenvalue weighted by Crippen LogP contribution is -2.58. The molecular formula is C45H49F3N6O9S. The molecule has 0 bridgehead atoms. The first-order valence-corrected chi connectivity index (χ1v) is 23.5. The van der Waals surface area contributed by atoms with Gasteiger partial charge >= 0.3 is 12.3 Å². The Morgan fingerprint density at radius 3 is 2.52 bits per heavy atom. The van der Waals surface area contributed by atoms with Crippen molar-refractivity contribution in [1.29, 1.82) is 0 Å². The van der Waals surface area contributed by atoms with Gasteiger partial charge in [0.05, 0.1) is 17.4 Å². The minimum atomic E-state index is -4.65. The van der Waals surface area contributed by atoms with Crippen LogP contribution in [0.25, 0.3) is 33.5 Å². The molecule has 64 heavy (non-hydrogen) atoms. The third kappa shape index (κ3) is 8.99. The summed E-state index contributed by atoms with van der Waals surface area (Å²) < 4.78 is 88.1. The number of ether oxygens (including phenoxy) is 2. The van der Waals surface area contributed by atoms with Crippen LogP contribution < -0.4 is 20.1 Å². The fourth-order valence-electron chi connectivity index (χ4n) is 9.11. The second-order valence-corrected chi connectivity index (χ2v) is 19.7. The smallest absolute Gasteiger partial charge is 0.416 e. The van der Waals surface area contributed by atoms with Crippen molar-refractivity contribution in [3.8, 4) is 17.3 Å². The molecule has 19 heteroatoms. The highest BCUT2D eigenvalue weighted by Gasteiger charge is 2.62. The van der Waals surface area contributed by atoms with E-state index >= 15 is 0 Å². The minimum Gasteiger partial charge on any atom is -0.470 e. The van der Waals surface area contributed by atoms with E-state index in [1.165, 1.54) is 17.0 Å². The summed E-state index contributed by atoms with van der Waals surface area (Å²) in [6, 6.07) is 7.53. The van der Waals surface area contributed by atoms with E-state index in [1.807, 2.05) is 31.2 Å². The van der Waals surface area contributed by atoms with Crippen molar-refractivity contribution in [2.24, 2.45) is 5.92 Å². The number of rotatable bonds is 8. The van der Waals surface area contributed by atoms with E-state index < -0.39 is 80.5 Å². The zero-order chi connectivity index (χ0) is 45.0. The van der Waals surface area contributed by atoms with Gasteiger partial charge in [-0.25, -0.2) is 18.2 Å². The quantitative estimate of drug-likeness (QED) is 0.158. The Morgan fingerprint density at radius 2 is 1.75 bits per heavy atom. The number of carbonyl (C=O) groups is 4. The van der Waals surface area contributed by atoms with Crippen molar-refractivity contribution < 1.29 is 54.7 Å². The zero-order valence-electron chi connectivity index (χ0n) is 35.1. The number of nitrogens with one attached hydrogen (secondary N) is 3. The molecule has 3 aliphatic carbocycles. The molecule has 2 aromatic carbocycles. The van der Waals surface area contributed by atoms with Crippen LogP contribution in [0.3, 0.4) is 0 Å².